The standard InChI is InChI=1S/C27H27N5O3/c1-2-7-23(33)31-15-6-8-19(16-31)32-17-22(24-25(32)27(34)30-29-26(24)28)18-11-13-21(14-12-18)35-20-9-4-3-5-10-20/h2-5,7,9-14,17,19H,6,8,15-16H2,1H3,(H2,28,29)(H,30,34)/t19-/m1/s1. The first-order valence-corrected chi connectivity index (χ1v) is 11.7. The molecule has 0 unspecified atom stereocenters. The normalized spacial score (nSPS) is 16.1. The molecule has 0 bridgehead atoms. The predicted octanol–water partition coefficient (Wildman–Crippen LogP) is 4.51. The second-order valence-corrected chi connectivity index (χ2v) is 8.63. The van der Waals surface area contributed by atoms with Crippen molar-refractivity contribution in [2.75, 3.05) is 18.8 Å². The summed E-state index contributed by atoms with van der Waals surface area (Å²) in [5.74, 6) is 1.71. The zero-order valence-corrected chi connectivity index (χ0v) is 19.5. The number of ether oxygens (including phenoxy) is 1. The number of amides is 1. The van der Waals surface area contributed by atoms with E-state index >= 15 is 0 Å². The maximum atomic E-state index is 12.9. The van der Waals surface area contributed by atoms with Gasteiger partial charge in [0.15, 0.2) is 5.82 Å². The summed E-state index contributed by atoms with van der Waals surface area (Å²) in [5, 5.41) is 7.15. The fraction of sp³-hybridized carbons (Fsp3) is 0.222. The Morgan fingerprint density at radius 3 is 2.63 bits per heavy atom. The van der Waals surface area contributed by atoms with Crippen molar-refractivity contribution in [3.63, 3.8) is 0 Å². The average molecular weight is 470 g/mol. The van der Waals surface area contributed by atoms with Gasteiger partial charge in [0, 0.05) is 24.8 Å². The Hall–Kier alpha value is -4.33. The number of aromatic nitrogens is 3. The molecule has 1 aliphatic heterocycles. The third-order valence-corrected chi connectivity index (χ3v) is 6.34. The van der Waals surface area contributed by atoms with E-state index in [4.69, 9.17) is 10.5 Å². The monoisotopic (exact) mass is 469 g/mol. The molecule has 8 nitrogen and oxygen atoms in total. The fourth-order valence-electron chi connectivity index (χ4n) is 4.70. The average Bonchev–Trinajstić information content (AvgIpc) is 3.30. The topological polar surface area (TPSA) is 106 Å². The van der Waals surface area contributed by atoms with E-state index in [0.29, 0.717) is 29.7 Å². The van der Waals surface area contributed by atoms with Crippen LogP contribution in [-0.2, 0) is 4.79 Å². The number of nitrogen functional groups attached to an aromatic ring is 1. The molecule has 0 saturated carbocycles. The van der Waals surface area contributed by atoms with Crippen LogP contribution in [-0.4, -0.2) is 38.7 Å². The Bertz CT molecular complexity index is 1440. The van der Waals surface area contributed by atoms with Crippen molar-refractivity contribution in [1.29, 1.82) is 0 Å². The van der Waals surface area contributed by atoms with Gasteiger partial charge in [0.2, 0.25) is 5.91 Å². The zero-order chi connectivity index (χ0) is 24.4. The summed E-state index contributed by atoms with van der Waals surface area (Å²) in [5.41, 5.74) is 8.14. The highest BCUT2D eigenvalue weighted by Crippen LogP contribution is 2.36. The van der Waals surface area contributed by atoms with Crippen molar-refractivity contribution in [3.8, 4) is 22.6 Å². The first-order valence-electron chi connectivity index (χ1n) is 11.7. The highest BCUT2D eigenvalue weighted by molar-refractivity contribution is 6.02. The molecule has 2 aromatic heterocycles. The van der Waals surface area contributed by atoms with Gasteiger partial charge < -0.3 is 19.9 Å². The summed E-state index contributed by atoms with van der Waals surface area (Å²) < 4.78 is 7.88. The van der Waals surface area contributed by atoms with Gasteiger partial charge in [-0.1, -0.05) is 36.4 Å². The van der Waals surface area contributed by atoms with Crippen LogP contribution >= 0.6 is 0 Å². The number of benzene rings is 2. The third-order valence-electron chi connectivity index (χ3n) is 6.34. The summed E-state index contributed by atoms with van der Waals surface area (Å²) in [6, 6.07) is 17.2. The molecule has 5 rings (SSSR count). The van der Waals surface area contributed by atoms with Crippen LogP contribution < -0.4 is 16.0 Å². The Labute approximate surface area is 202 Å². The number of fused-ring (bicyclic) bond motifs is 1. The van der Waals surface area contributed by atoms with Gasteiger partial charge in [0.25, 0.3) is 5.56 Å². The first-order chi connectivity index (χ1) is 17.0. The number of likely N-dealkylation sites (tertiary alicyclic amines) is 1. The van der Waals surface area contributed by atoms with Crippen LogP contribution in [0.2, 0.25) is 0 Å². The Morgan fingerprint density at radius 2 is 1.89 bits per heavy atom. The number of H-pyrrole nitrogens is 1. The molecule has 3 N–H and O–H groups in total. The van der Waals surface area contributed by atoms with E-state index in [9.17, 15) is 9.59 Å². The molecule has 0 spiro atoms. The zero-order valence-electron chi connectivity index (χ0n) is 19.5. The van der Waals surface area contributed by atoms with Crippen molar-refractivity contribution in [2.24, 2.45) is 0 Å². The van der Waals surface area contributed by atoms with E-state index < -0.39 is 0 Å². The van der Waals surface area contributed by atoms with Crippen LogP contribution in [0.3, 0.4) is 0 Å². The molecule has 4 aromatic rings. The van der Waals surface area contributed by atoms with Gasteiger partial charge in [-0.3, -0.25) is 9.59 Å². The Balaban J connectivity index is 1.53. The summed E-state index contributed by atoms with van der Waals surface area (Å²) in [7, 11) is 0. The summed E-state index contributed by atoms with van der Waals surface area (Å²) in [6.07, 6.45) is 6.99. The molecule has 1 atom stereocenters. The van der Waals surface area contributed by atoms with Gasteiger partial charge in [-0.05, 0) is 55.7 Å². The molecule has 1 aliphatic rings. The number of piperidine rings is 1. The number of anilines is 1. The van der Waals surface area contributed by atoms with Gasteiger partial charge in [-0.15, -0.1) is 0 Å². The number of para-hydroxylation sites is 1. The fourth-order valence-corrected chi connectivity index (χ4v) is 4.70. The van der Waals surface area contributed by atoms with E-state index in [-0.39, 0.29) is 23.3 Å². The molecule has 1 saturated heterocycles. The highest BCUT2D eigenvalue weighted by Gasteiger charge is 2.27. The minimum absolute atomic E-state index is 0.0158. The van der Waals surface area contributed by atoms with E-state index in [2.05, 4.69) is 10.2 Å². The molecule has 2 aromatic carbocycles. The quantitative estimate of drug-likeness (QED) is 0.419. The first kappa shape index (κ1) is 22.5. The molecular weight excluding hydrogens is 442 g/mol. The number of carbonyl (C=O) groups excluding carboxylic acids is 1. The molecular formula is C27H27N5O3. The van der Waals surface area contributed by atoms with Gasteiger partial charge in [0.1, 0.15) is 17.0 Å². The lowest BCUT2D eigenvalue weighted by atomic mass is 10.1. The van der Waals surface area contributed by atoms with Crippen molar-refractivity contribution in [1.82, 2.24) is 19.7 Å². The molecule has 0 radical (unpaired) electrons. The number of hydrogen-bond acceptors (Lipinski definition) is 5. The van der Waals surface area contributed by atoms with Gasteiger partial charge >= 0.3 is 0 Å². The summed E-state index contributed by atoms with van der Waals surface area (Å²) >= 11 is 0. The Kier molecular flexibility index (Phi) is 6.10. The number of carbonyl (C=O) groups is 1. The number of nitrogens with two attached hydrogens (primary N) is 1. The number of nitrogens with zero attached hydrogens (tertiary/aromatic N) is 3. The number of hydrogen-bond donors (Lipinski definition) is 2. The van der Waals surface area contributed by atoms with Crippen LogP contribution in [0, 0.1) is 0 Å². The lowest BCUT2D eigenvalue weighted by molar-refractivity contribution is -0.127. The number of rotatable bonds is 5. The Morgan fingerprint density at radius 1 is 1.14 bits per heavy atom. The van der Waals surface area contributed by atoms with E-state index in [0.717, 1.165) is 29.7 Å². The van der Waals surface area contributed by atoms with Crippen LogP contribution in [0.5, 0.6) is 11.5 Å². The smallest absolute Gasteiger partial charge is 0.288 e. The second-order valence-electron chi connectivity index (χ2n) is 8.63. The van der Waals surface area contributed by atoms with Gasteiger partial charge in [-0.25, -0.2) is 5.10 Å². The van der Waals surface area contributed by atoms with Crippen LogP contribution in [0.15, 0.2) is 77.7 Å². The second kappa shape index (κ2) is 9.50. The van der Waals surface area contributed by atoms with Crippen molar-refractivity contribution < 1.29 is 9.53 Å². The molecule has 1 amide bonds. The predicted molar refractivity (Wildman–Crippen MR) is 136 cm³/mol. The number of nitrogens with one attached hydrogen (secondary N) is 1. The van der Waals surface area contributed by atoms with Gasteiger partial charge in [-0.2, -0.15) is 5.10 Å². The highest BCUT2D eigenvalue weighted by atomic mass is 16.5. The van der Waals surface area contributed by atoms with Crippen LogP contribution in [0.4, 0.5) is 5.82 Å². The van der Waals surface area contributed by atoms with Crippen LogP contribution in [0.25, 0.3) is 22.0 Å². The van der Waals surface area contributed by atoms with Gasteiger partial charge in [0.05, 0.1) is 11.4 Å². The van der Waals surface area contributed by atoms with Crippen molar-refractivity contribution in [2.45, 2.75) is 25.8 Å². The minimum Gasteiger partial charge on any atom is -0.457 e. The molecule has 0 aliphatic carbocycles. The molecule has 1 fully saturated rings. The molecule has 8 heteroatoms. The largest absolute Gasteiger partial charge is 0.457 e. The van der Waals surface area contributed by atoms with Crippen LogP contribution in [0.1, 0.15) is 25.8 Å². The maximum absolute atomic E-state index is 12.9. The van der Waals surface area contributed by atoms with Crippen molar-refractivity contribution in [3.05, 3.63) is 83.3 Å². The molecule has 178 valence electrons. The third kappa shape index (κ3) is 4.42. The number of aromatic amines is 1. The van der Waals surface area contributed by atoms with E-state index in [1.165, 1.54) is 0 Å². The SMILES string of the molecule is CC=CC(=O)N1CCC[C@@H](n2cc(-c3ccc(Oc4ccccc4)cc3)c3c(N)n[nH]c(=O)c32)C1. The lowest BCUT2D eigenvalue weighted by Crippen LogP contribution is -2.40. The lowest BCUT2D eigenvalue weighted by Gasteiger charge is -2.33. The summed E-state index contributed by atoms with van der Waals surface area (Å²) in [4.78, 5) is 27.2. The van der Waals surface area contributed by atoms with E-state index in [1.807, 2.05) is 77.2 Å². The van der Waals surface area contributed by atoms with E-state index in [1.54, 1.807) is 12.2 Å². The molecule has 35 heavy (non-hydrogen) atoms. The maximum Gasteiger partial charge on any atom is 0.288 e. The summed E-state index contributed by atoms with van der Waals surface area (Å²) in [6.45, 7) is 3.06. The number of allylic oxidation sites excluding steroid dienone is 1. The van der Waals surface area contributed by atoms with Crippen molar-refractivity contribution >= 4 is 22.6 Å². The molecule has 3 heterocycles. The minimum atomic E-state index is -0.304.